The van der Waals surface area contributed by atoms with E-state index in [0.29, 0.717) is 0 Å². The molecule has 0 fully saturated rings. The van der Waals surface area contributed by atoms with Crippen LogP contribution >= 0.6 is 23.2 Å². The predicted molar refractivity (Wildman–Crippen MR) is 93.4 cm³/mol. The van der Waals surface area contributed by atoms with E-state index >= 15 is 0 Å². The van der Waals surface area contributed by atoms with Crippen molar-refractivity contribution in [2.45, 2.75) is 31.2 Å². The number of hydrogen-bond acceptors (Lipinski definition) is 6. The van der Waals surface area contributed by atoms with E-state index in [2.05, 4.69) is 14.2 Å². The minimum Gasteiger partial charge on any atom is -0.468 e. The first-order valence-corrected chi connectivity index (χ1v) is 9.44. The Labute approximate surface area is 156 Å². The summed E-state index contributed by atoms with van der Waals surface area (Å²) in [5, 5.41) is -0.249. The third-order valence-corrected chi connectivity index (χ3v) is 5.46. The van der Waals surface area contributed by atoms with E-state index in [1.807, 2.05) is 13.8 Å². The molecule has 0 saturated carbocycles. The molecule has 0 heterocycles. The highest BCUT2D eigenvalue weighted by Gasteiger charge is 2.30. The number of halogens is 2. The lowest BCUT2D eigenvalue weighted by atomic mass is 10.1. The van der Waals surface area contributed by atoms with Gasteiger partial charge in [-0.2, -0.15) is 4.72 Å². The first kappa shape index (κ1) is 21.7. The van der Waals surface area contributed by atoms with Crippen molar-refractivity contribution in [2.24, 2.45) is 5.92 Å². The number of nitrogens with one attached hydrogen (secondary N) is 1. The molecule has 7 nitrogen and oxygen atoms in total. The monoisotopic (exact) mass is 411 g/mol. The Balaban J connectivity index is 3.32. The summed E-state index contributed by atoms with van der Waals surface area (Å²) < 4.78 is 36.7. The second-order valence-corrected chi connectivity index (χ2v) is 8.08. The Morgan fingerprint density at radius 2 is 1.72 bits per heavy atom. The highest BCUT2D eigenvalue weighted by atomic mass is 35.5. The van der Waals surface area contributed by atoms with Gasteiger partial charge in [-0.05, 0) is 24.5 Å². The summed E-state index contributed by atoms with van der Waals surface area (Å²) in [6.45, 7) is 3.66. The third-order valence-electron chi connectivity index (χ3n) is 3.21. The fourth-order valence-corrected chi connectivity index (χ4v) is 4.11. The van der Waals surface area contributed by atoms with Crippen LogP contribution in [-0.2, 0) is 24.3 Å². The Bertz CT molecular complexity index is 764. The molecular formula is C15H19Cl2NO6S. The molecule has 0 aliphatic heterocycles. The van der Waals surface area contributed by atoms with Crippen molar-refractivity contribution in [1.29, 1.82) is 0 Å². The second kappa shape index (κ2) is 8.84. The smallest absolute Gasteiger partial charge is 0.339 e. The van der Waals surface area contributed by atoms with Gasteiger partial charge in [0.25, 0.3) is 0 Å². The highest BCUT2D eigenvalue weighted by Crippen LogP contribution is 2.29. The Morgan fingerprint density at radius 1 is 1.12 bits per heavy atom. The highest BCUT2D eigenvalue weighted by molar-refractivity contribution is 7.89. The van der Waals surface area contributed by atoms with E-state index in [4.69, 9.17) is 23.2 Å². The summed E-state index contributed by atoms with van der Waals surface area (Å²) in [5.74, 6) is -1.52. The van der Waals surface area contributed by atoms with Gasteiger partial charge in [0.2, 0.25) is 10.0 Å². The molecule has 140 valence electrons. The van der Waals surface area contributed by atoms with Crippen molar-refractivity contribution in [3.05, 3.63) is 27.7 Å². The zero-order valence-electron chi connectivity index (χ0n) is 14.1. The van der Waals surface area contributed by atoms with Crippen LogP contribution in [0.5, 0.6) is 0 Å². The topological polar surface area (TPSA) is 98.8 Å². The zero-order chi connectivity index (χ0) is 19.4. The second-order valence-electron chi connectivity index (χ2n) is 5.58. The average molecular weight is 412 g/mol. The maximum atomic E-state index is 12.6. The van der Waals surface area contributed by atoms with Gasteiger partial charge in [-0.3, -0.25) is 4.79 Å². The summed E-state index contributed by atoms with van der Waals surface area (Å²) in [6.07, 6.45) is 0.223. The summed E-state index contributed by atoms with van der Waals surface area (Å²) >= 11 is 11.9. The van der Waals surface area contributed by atoms with Crippen molar-refractivity contribution in [3.8, 4) is 0 Å². The van der Waals surface area contributed by atoms with Crippen molar-refractivity contribution in [2.75, 3.05) is 14.2 Å². The predicted octanol–water partition coefficient (Wildman–Crippen LogP) is 2.65. The van der Waals surface area contributed by atoms with E-state index in [0.717, 1.165) is 26.4 Å². The van der Waals surface area contributed by atoms with Crippen LogP contribution in [0.2, 0.25) is 10.0 Å². The molecule has 0 unspecified atom stereocenters. The molecule has 0 aromatic heterocycles. The van der Waals surface area contributed by atoms with Crippen LogP contribution in [0.4, 0.5) is 0 Å². The number of methoxy groups -OCH3 is 2. The first-order valence-electron chi connectivity index (χ1n) is 7.21. The van der Waals surface area contributed by atoms with Gasteiger partial charge >= 0.3 is 11.9 Å². The van der Waals surface area contributed by atoms with Crippen molar-refractivity contribution in [1.82, 2.24) is 4.72 Å². The van der Waals surface area contributed by atoms with E-state index < -0.39 is 32.9 Å². The van der Waals surface area contributed by atoms with Crippen LogP contribution < -0.4 is 4.72 Å². The minimum atomic E-state index is -4.22. The van der Waals surface area contributed by atoms with Crippen LogP contribution in [-0.4, -0.2) is 40.6 Å². The van der Waals surface area contributed by atoms with E-state index in [1.165, 1.54) is 0 Å². The molecule has 1 atom stereocenters. The molecule has 10 heteroatoms. The average Bonchev–Trinajstić information content (AvgIpc) is 2.51. The van der Waals surface area contributed by atoms with Crippen molar-refractivity contribution >= 4 is 45.2 Å². The number of ether oxygens (including phenoxy) is 2. The molecule has 25 heavy (non-hydrogen) atoms. The molecule has 0 aliphatic carbocycles. The van der Waals surface area contributed by atoms with Crippen LogP contribution in [0.15, 0.2) is 17.0 Å². The largest absolute Gasteiger partial charge is 0.468 e. The van der Waals surface area contributed by atoms with Crippen molar-refractivity contribution in [3.63, 3.8) is 0 Å². The van der Waals surface area contributed by atoms with Gasteiger partial charge in [0, 0.05) is 0 Å². The summed E-state index contributed by atoms with van der Waals surface area (Å²) in [4.78, 5) is 23.2. The molecule has 1 rings (SSSR count). The van der Waals surface area contributed by atoms with E-state index in [9.17, 15) is 18.0 Å². The standard InChI is InChI=1S/C15H19Cl2NO6S/c1-8(2)5-12(15(20)24-4)18-25(21,22)13-6-9(14(19)23-3)10(16)7-11(13)17/h6-8,12,18H,5H2,1-4H3/t12-/m0/s1. The number of sulfonamides is 1. The van der Waals surface area contributed by atoms with Crippen LogP contribution in [0.25, 0.3) is 0 Å². The molecule has 1 aromatic carbocycles. The number of rotatable bonds is 7. The van der Waals surface area contributed by atoms with Gasteiger partial charge < -0.3 is 9.47 Å². The third kappa shape index (κ3) is 5.57. The molecule has 0 bridgehead atoms. The molecular weight excluding hydrogens is 393 g/mol. The molecule has 0 aliphatic rings. The SMILES string of the molecule is COC(=O)c1cc(S(=O)(=O)N[C@@H](CC(C)C)C(=O)OC)c(Cl)cc1Cl. The lowest BCUT2D eigenvalue weighted by Gasteiger charge is -2.19. The normalized spacial score (nSPS) is 12.8. The molecule has 1 N–H and O–H groups in total. The fraction of sp³-hybridized carbons (Fsp3) is 0.467. The van der Waals surface area contributed by atoms with Crippen molar-refractivity contribution < 1.29 is 27.5 Å². The Kier molecular flexibility index (Phi) is 7.67. The maximum absolute atomic E-state index is 12.6. The minimum absolute atomic E-state index is 0.0260. The quantitative estimate of drug-likeness (QED) is 0.692. The lowest BCUT2D eigenvalue weighted by molar-refractivity contribution is -0.143. The van der Waals surface area contributed by atoms with Gasteiger partial charge in [0.1, 0.15) is 10.9 Å². The zero-order valence-corrected chi connectivity index (χ0v) is 16.5. The number of carbonyl (C=O) groups is 2. The van der Waals surface area contributed by atoms with E-state index in [1.54, 1.807) is 0 Å². The van der Waals surface area contributed by atoms with Gasteiger partial charge in [0.05, 0.1) is 29.8 Å². The Hall–Kier alpha value is -1.35. The number of esters is 2. The van der Waals surface area contributed by atoms with Crippen LogP contribution in [0.3, 0.4) is 0 Å². The lowest BCUT2D eigenvalue weighted by Crippen LogP contribution is -2.42. The number of carbonyl (C=O) groups excluding carboxylic acids is 2. The Morgan fingerprint density at radius 3 is 2.20 bits per heavy atom. The van der Waals surface area contributed by atoms with Crippen LogP contribution in [0.1, 0.15) is 30.6 Å². The van der Waals surface area contributed by atoms with Crippen LogP contribution in [0, 0.1) is 5.92 Å². The van der Waals surface area contributed by atoms with Gasteiger partial charge in [-0.1, -0.05) is 37.0 Å². The molecule has 0 spiro atoms. The molecule has 0 saturated heterocycles. The molecule has 0 radical (unpaired) electrons. The van der Waals surface area contributed by atoms with Gasteiger partial charge in [-0.15, -0.1) is 0 Å². The summed E-state index contributed by atoms with van der Waals surface area (Å²) in [7, 11) is -1.93. The molecule has 0 amide bonds. The number of hydrogen-bond donors (Lipinski definition) is 1. The first-order chi connectivity index (χ1) is 11.5. The summed E-state index contributed by atoms with van der Waals surface area (Å²) in [6, 6.07) is 1.03. The van der Waals surface area contributed by atoms with E-state index in [-0.39, 0.29) is 27.9 Å². The fourth-order valence-electron chi connectivity index (χ4n) is 2.06. The number of benzene rings is 1. The van der Waals surface area contributed by atoms with Gasteiger partial charge in [-0.25, -0.2) is 13.2 Å². The maximum Gasteiger partial charge on any atom is 0.339 e. The summed E-state index contributed by atoms with van der Waals surface area (Å²) in [5.41, 5.74) is -0.160. The molecule has 1 aromatic rings. The van der Waals surface area contributed by atoms with Gasteiger partial charge in [0.15, 0.2) is 0 Å².